The molecule has 0 saturated heterocycles. The Balaban J connectivity index is 3.39. The second-order valence-electron chi connectivity index (χ2n) is 1.81. The lowest BCUT2D eigenvalue weighted by molar-refractivity contribution is 0.0757. The highest BCUT2D eigenvalue weighted by molar-refractivity contribution is 5.81. The average molecular weight is 155 g/mol. The Labute approximate surface area is 65.0 Å². The fourth-order valence-corrected chi connectivity index (χ4v) is 0.309. The zero-order chi connectivity index (χ0) is 8.69. The second kappa shape index (κ2) is 5.30. The van der Waals surface area contributed by atoms with Gasteiger partial charge in [0.05, 0.1) is 0 Å². The Morgan fingerprint density at radius 3 is 2.73 bits per heavy atom. The number of ether oxygens (including phenoxy) is 2. The Morgan fingerprint density at radius 1 is 1.64 bits per heavy atom. The molecule has 11 heavy (non-hydrogen) atoms. The fourth-order valence-electron chi connectivity index (χ4n) is 0.309. The summed E-state index contributed by atoms with van der Waals surface area (Å²) in [5, 5.41) is 6.89. The maximum atomic E-state index is 10.5. The first-order valence-electron chi connectivity index (χ1n) is 2.94. The van der Waals surface area contributed by atoms with Crippen molar-refractivity contribution in [2.45, 2.75) is 6.92 Å². The predicted octanol–water partition coefficient (Wildman–Crippen LogP) is 0.812. The van der Waals surface area contributed by atoms with E-state index in [0.29, 0.717) is 0 Å². The summed E-state index contributed by atoms with van der Waals surface area (Å²) in [7, 11) is 0. The molecular weight excluding hydrogens is 146 g/mol. The molecule has 4 nitrogen and oxygen atoms in total. The lowest BCUT2D eigenvalue weighted by atomic mass is 10.5. The molecule has 0 aliphatic heterocycles. The van der Waals surface area contributed by atoms with E-state index in [-0.39, 0.29) is 18.9 Å². The van der Waals surface area contributed by atoms with Crippen LogP contribution < -0.4 is 0 Å². The van der Waals surface area contributed by atoms with Crippen molar-refractivity contribution < 1.29 is 14.3 Å². The minimum Gasteiger partial charge on any atom is -0.428 e. The maximum Gasteiger partial charge on any atom is 0.509 e. The van der Waals surface area contributed by atoms with Crippen LogP contribution in [0.4, 0.5) is 4.79 Å². The van der Waals surface area contributed by atoms with Gasteiger partial charge in [-0.2, -0.15) is 0 Å². The van der Waals surface area contributed by atoms with Crippen LogP contribution in [0.5, 0.6) is 0 Å². The third-order valence-electron chi connectivity index (χ3n) is 0.680. The van der Waals surface area contributed by atoms with Crippen LogP contribution in [0.1, 0.15) is 6.92 Å². The molecule has 0 heterocycles. The van der Waals surface area contributed by atoms with Gasteiger partial charge in [-0.15, -0.1) is 6.42 Å². The van der Waals surface area contributed by atoms with E-state index in [9.17, 15) is 4.79 Å². The summed E-state index contributed by atoms with van der Waals surface area (Å²) in [6.07, 6.45) is 3.97. The minimum atomic E-state index is -0.838. The molecule has 60 valence electrons. The molecule has 1 N–H and O–H groups in total. The van der Waals surface area contributed by atoms with E-state index in [1.54, 1.807) is 0 Å². The van der Waals surface area contributed by atoms with E-state index >= 15 is 0 Å². The Hall–Kier alpha value is -1.50. The van der Waals surface area contributed by atoms with Gasteiger partial charge in [-0.05, 0) is 6.92 Å². The molecule has 0 aromatic heterocycles. The highest BCUT2D eigenvalue weighted by Gasteiger charge is 2.01. The van der Waals surface area contributed by atoms with Gasteiger partial charge in [0.15, 0.2) is 6.61 Å². The van der Waals surface area contributed by atoms with Crippen LogP contribution in [-0.2, 0) is 9.47 Å². The summed E-state index contributed by atoms with van der Waals surface area (Å²) >= 11 is 0. The first kappa shape index (κ1) is 9.50. The van der Waals surface area contributed by atoms with Crippen molar-refractivity contribution in [3.05, 3.63) is 0 Å². The molecule has 0 bridgehead atoms. The first-order valence-corrected chi connectivity index (χ1v) is 2.94. The lowest BCUT2D eigenvalue weighted by Gasteiger charge is -2.01. The van der Waals surface area contributed by atoms with Crippen LogP contribution in [0.2, 0.25) is 0 Å². The van der Waals surface area contributed by atoms with Crippen molar-refractivity contribution in [2.75, 3.05) is 13.2 Å². The number of nitrogens with one attached hydrogen (secondary N) is 1. The zero-order valence-corrected chi connectivity index (χ0v) is 6.22. The zero-order valence-electron chi connectivity index (χ0n) is 6.22. The summed E-state index contributed by atoms with van der Waals surface area (Å²) in [6, 6.07) is 0. The van der Waals surface area contributed by atoms with Gasteiger partial charge < -0.3 is 14.9 Å². The third-order valence-corrected chi connectivity index (χ3v) is 0.680. The summed E-state index contributed by atoms with van der Waals surface area (Å²) in [5.41, 5.74) is 0.252. The quantitative estimate of drug-likeness (QED) is 0.372. The van der Waals surface area contributed by atoms with Crippen molar-refractivity contribution >= 4 is 11.9 Å². The Bertz CT molecular complexity index is 192. The molecular formula is C7H9NO3. The van der Waals surface area contributed by atoms with E-state index in [4.69, 9.17) is 11.8 Å². The molecule has 0 atom stereocenters. The third kappa shape index (κ3) is 6.38. The number of terminal acetylenes is 1. The molecule has 0 aromatic rings. The van der Waals surface area contributed by atoms with Gasteiger partial charge in [-0.3, -0.25) is 0 Å². The van der Waals surface area contributed by atoms with Crippen LogP contribution in [0.3, 0.4) is 0 Å². The van der Waals surface area contributed by atoms with E-state index in [1.165, 1.54) is 6.92 Å². The second-order valence-corrected chi connectivity index (χ2v) is 1.81. The topological polar surface area (TPSA) is 59.4 Å². The number of hydrogen-bond acceptors (Lipinski definition) is 4. The van der Waals surface area contributed by atoms with Crippen LogP contribution in [0.15, 0.2) is 0 Å². The number of carbonyl (C=O) groups is 1. The van der Waals surface area contributed by atoms with E-state index < -0.39 is 6.16 Å². The van der Waals surface area contributed by atoms with Crippen LogP contribution >= 0.6 is 0 Å². The summed E-state index contributed by atoms with van der Waals surface area (Å²) in [4.78, 5) is 10.5. The van der Waals surface area contributed by atoms with Gasteiger partial charge in [0.25, 0.3) is 0 Å². The lowest BCUT2D eigenvalue weighted by Crippen LogP contribution is -2.12. The maximum absolute atomic E-state index is 10.5. The molecule has 0 saturated carbocycles. The number of hydrogen-bond donors (Lipinski definition) is 1. The SMILES string of the molecule is C#CCOC(=O)OCC(C)=N. The number of rotatable bonds is 3. The monoisotopic (exact) mass is 155 g/mol. The van der Waals surface area contributed by atoms with E-state index in [1.807, 2.05) is 0 Å². The van der Waals surface area contributed by atoms with Crippen molar-refractivity contribution in [1.82, 2.24) is 0 Å². The van der Waals surface area contributed by atoms with Crippen LogP contribution in [0.25, 0.3) is 0 Å². The normalized spacial score (nSPS) is 8.00. The van der Waals surface area contributed by atoms with Crippen molar-refractivity contribution in [2.24, 2.45) is 0 Å². The van der Waals surface area contributed by atoms with Gasteiger partial charge in [-0.25, -0.2) is 4.79 Å². The van der Waals surface area contributed by atoms with Crippen molar-refractivity contribution in [3.8, 4) is 12.3 Å². The molecule has 0 unspecified atom stereocenters. The summed E-state index contributed by atoms with van der Waals surface area (Å²) in [5.74, 6) is 2.11. The van der Waals surface area contributed by atoms with Gasteiger partial charge in [0.2, 0.25) is 0 Å². The molecule has 4 heteroatoms. The molecule has 0 spiro atoms. The Kier molecular flexibility index (Phi) is 4.58. The molecule has 0 amide bonds. The van der Waals surface area contributed by atoms with E-state index in [2.05, 4.69) is 15.4 Å². The fraction of sp³-hybridized carbons (Fsp3) is 0.429. The van der Waals surface area contributed by atoms with Crippen LogP contribution in [-0.4, -0.2) is 25.1 Å². The molecule has 0 aliphatic rings. The summed E-state index contributed by atoms with van der Waals surface area (Å²) < 4.78 is 8.77. The van der Waals surface area contributed by atoms with Crippen LogP contribution in [0, 0.1) is 17.8 Å². The van der Waals surface area contributed by atoms with E-state index in [0.717, 1.165) is 0 Å². The molecule has 0 rings (SSSR count). The molecule has 0 aliphatic carbocycles. The van der Waals surface area contributed by atoms with Gasteiger partial charge in [0, 0.05) is 5.71 Å². The van der Waals surface area contributed by atoms with Gasteiger partial charge >= 0.3 is 6.16 Å². The van der Waals surface area contributed by atoms with Crippen molar-refractivity contribution in [3.63, 3.8) is 0 Å². The smallest absolute Gasteiger partial charge is 0.428 e. The van der Waals surface area contributed by atoms with Crippen molar-refractivity contribution in [1.29, 1.82) is 5.41 Å². The first-order chi connectivity index (χ1) is 5.16. The molecule has 0 radical (unpaired) electrons. The van der Waals surface area contributed by atoms with Gasteiger partial charge in [0.1, 0.15) is 6.61 Å². The largest absolute Gasteiger partial charge is 0.509 e. The molecule has 0 aromatic carbocycles. The predicted molar refractivity (Wildman–Crippen MR) is 39.5 cm³/mol. The van der Waals surface area contributed by atoms with Gasteiger partial charge in [-0.1, -0.05) is 5.92 Å². The molecule has 0 fully saturated rings. The average Bonchev–Trinajstić information content (AvgIpc) is 1.97. The highest BCUT2D eigenvalue weighted by atomic mass is 16.7. The minimum absolute atomic E-state index is 0.0522. The summed E-state index contributed by atoms with van der Waals surface area (Å²) in [6.45, 7) is 1.37. The number of carbonyl (C=O) groups excluding carboxylic acids is 1. The standard InChI is InChI=1S/C7H9NO3/c1-3-4-10-7(9)11-5-6(2)8/h1,8H,4-5H2,2H3. The highest BCUT2D eigenvalue weighted by Crippen LogP contribution is 1.84. The Morgan fingerprint density at radius 2 is 2.27 bits per heavy atom.